The van der Waals surface area contributed by atoms with Gasteiger partial charge in [0.15, 0.2) is 5.65 Å². The molecular weight excluding hydrogens is 376 g/mol. The molecule has 0 aliphatic carbocycles. The van der Waals surface area contributed by atoms with Gasteiger partial charge in [-0.15, -0.1) is 0 Å². The monoisotopic (exact) mass is 392 g/mol. The fourth-order valence-corrected chi connectivity index (χ4v) is 3.26. The fraction of sp³-hybridized carbons (Fsp3) is 0.0952. The van der Waals surface area contributed by atoms with Gasteiger partial charge in [-0.05, 0) is 49.4 Å². The Kier molecular flexibility index (Phi) is 4.71. The summed E-state index contributed by atoms with van der Waals surface area (Å²) in [6.07, 6.45) is 1.60. The molecule has 0 radical (unpaired) electrons. The highest BCUT2D eigenvalue weighted by Crippen LogP contribution is 2.17. The molecule has 0 saturated carbocycles. The Hall–Kier alpha value is -3.38. The second-order valence-electron chi connectivity index (χ2n) is 6.44. The van der Waals surface area contributed by atoms with E-state index in [1.54, 1.807) is 47.3 Å². The van der Waals surface area contributed by atoms with Crippen molar-refractivity contribution in [3.05, 3.63) is 87.8 Å². The van der Waals surface area contributed by atoms with Crippen molar-refractivity contribution in [1.29, 1.82) is 0 Å². The second kappa shape index (κ2) is 7.32. The third-order valence-corrected chi connectivity index (χ3v) is 4.61. The van der Waals surface area contributed by atoms with E-state index in [0.717, 1.165) is 5.56 Å². The number of carbonyl (C=O) groups excluding carboxylic acids is 1. The van der Waals surface area contributed by atoms with Crippen molar-refractivity contribution >= 4 is 34.2 Å². The Morgan fingerprint density at radius 3 is 2.64 bits per heavy atom. The van der Waals surface area contributed by atoms with Crippen LogP contribution >= 0.6 is 11.6 Å². The van der Waals surface area contributed by atoms with Crippen molar-refractivity contribution in [2.24, 2.45) is 0 Å². The number of pyridine rings is 1. The Morgan fingerprint density at radius 2 is 1.89 bits per heavy atom. The molecule has 2 heterocycles. The number of benzene rings is 2. The molecule has 0 aliphatic heterocycles. The summed E-state index contributed by atoms with van der Waals surface area (Å²) < 4.78 is 2.99. The standard InChI is InChI=1S/C21H17ClN4O2/c1-14-7-9-16(10-8-14)24-19(27)13-25-20-18(6-3-11-23-20)21(28)26(25)17-5-2-4-15(22)12-17/h2-12H,13H2,1H3,(H,24,27). The highest BCUT2D eigenvalue weighted by Gasteiger charge is 2.18. The van der Waals surface area contributed by atoms with Crippen LogP contribution in [0.1, 0.15) is 5.56 Å². The van der Waals surface area contributed by atoms with Crippen molar-refractivity contribution < 1.29 is 4.79 Å². The van der Waals surface area contributed by atoms with E-state index in [4.69, 9.17) is 11.6 Å². The molecule has 0 fully saturated rings. The summed E-state index contributed by atoms with van der Waals surface area (Å²) in [6.45, 7) is 1.91. The first-order valence-electron chi connectivity index (χ1n) is 8.72. The van der Waals surface area contributed by atoms with Gasteiger partial charge in [0.1, 0.15) is 6.54 Å². The van der Waals surface area contributed by atoms with Crippen LogP contribution in [-0.4, -0.2) is 20.3 Å². The highest BCUT2D eigenvalue weighted by atomic mass is 35.5. The summed E-state index contributed by atoms with van der Waals surface area (Å²) in [4.78, 5) is 29.9. The van der Waals surface area contributed by atoms with E-state index in [9.17, 15) is 9.59 Å². The first-order chi connectivity index (χ1) is 13.5. The molecule has 7 heteroatoms. The lowest BCUT2D eigenvalue weighted by molar-refractivity contribution is -0.116. The lowest BCUT2D eigenvalue weighted by Crippen LogP contribution is -2.27. The lowest BCUT2D eigenvalue weighted by Gasteiger charge is -2.13. The predicted molar refractivity (Wildman–Crippen MR) is 110 cm³/mol. The molecule has 0 unspecified atom stereocenters. The van der Waals surface area contributed by atoms with Crippen LogP contribution in [-0.2, 0) is 11.3 Å². The van der Waals surface area contributed by atoms with E-state index >= 15 is 0 Å². The molecule has 6 nitrogen and oxygen atoms in total. The van der Waals surface area contributed by atoms with Gasteiger partial charge in [0.05, 0.1) is 11.1 Å². The average molecular weight is 393 g/mol. The number of carbonyl (C=O) groups is 1. The van der Waals surface area contributed by atoms with Gasteiger partial charge in [-0.25, -0.2) is 9.67 Å². The van der Waals surface area contributed by atoms with E-state index in [0.29, 0.717) is 27.4 Å². The summed E-state index contributed by atoms with van der Waals surface area (Å²) in [6, 6.07) is 17.8. The quantitative estimate of drug-likeness (QED) is 0.574. The molecule has 28 heavy (non-hydrogen) atoms. The van der Waals surface area contributed by atoms with E-state index in [1.807, 2.05) is 31.2 Å². The summed E-state index contributed by atoms with van der Waals surface area (Å²) in [5.41, 5.74) is 2.55. The van der Waals surface area contributed by atoms with Crippen LogP contribution < -0.4 is 10.9 Å². The lowest BCUT2D eigenvalue weighted by atomic mass is 10.2. The fourth-order valence-electron chi connectivity index (χ4n) is 3.07. The normalized spacial score (nSPS) is 10.9. The van der Waals surface area contributed by atoms with E-state index in [2.05, 4.69) is 10.3 Å². The van der Waals surface area contributed by atoms with Crippen molar-refractivity contribution in [2.75, 3.05) is 5.32 Å². The highest BCUT2D eigenvalue weighted by molar-refractivity contribution is 6.30. The minimum Gasteiger partial charge on any atom is -0.324 e. The Labute approximate surface area is 166 Å². The van der Waals surface area contributed by atoms with Crippen LogP contribution in [0.25, 0.3) is 16.7 Å². The molecule has 1 amide bonds. The van der Waals surface area contributed by atoms with Crippen molar-refractivity contribution in [3.8, 4) is 5.69 Å². The molecule has 0 spiro atoms. The molecule has 0 aliphatic rings. The average Bonchev–Trinajstić information content (AvgIpc) is 2.96. The van der Waals surface area contributed by atoms with Gasteiger partial charge in [0, 0.05) is 16.9 Å². The van der Waals surface area contributed by atoms with Crippen LogP contribution in [0, 0.1) is 6.92 Å². The van der Waals surface area contributed by atoms with Crippen LogP contribution in [0.3, 0.4) is 0 Å². The molecule has 0 atom stereocenters. The van der Waals surface area contributed by atoms with Gasteiger partial charge < -0.3 is 5.32 Å². The largest absolute Gasteiger partial charge is 0.324 e. The number of nitrogens with one attached hydrogen (secondary N) is 1. The Bertz CT molecular complexity index is 1230. The Balaban J connectivity index is 1.77. The number of amides is 1. The van der Waals surface area contributed by atoms with Gasteiger partial charge in [0.2, 0.25) is 5.91 Å². The number of hydrogen-bond acceptors (Lipinski definition) is 3. The second-order valence-corrected chi connectivity index (χ2v) is 6.88. The molecule has 4 aromatic rings. The van der Waals surface area contributed by atoms with Crippen LogP contribution in [0.5, 0.6) is 0 Å². The van der Waals surface area contributed by atoms with Crippen molar-refractivity contribution in [1.82, 2.24) is 14.3 Å². The van der Waals surface area contributed by atoms with Crippen LogP contribution in [0.2, 0.25) is 5.02 Å². The number of aryl methyl sites for hydroxylation is 1. The molecule has 2 aromatic heterocycles. The molecular formula is C21H17ClN4O2. The zero-order valence-electron chi connectivity index (χ0n) is 15.1. The molecule has 1 N–H and O–H groups in total. The molecule has 2 aromatic carbocycles. The number of hydrogen-bond donors (Lipinski definition) is 1. The minimum absolute atomic E-state index is 0.0733. The maximum absolute atomic E-state index is 13.0. The summed E-state index contributed by atoms with van der Waals surface area (Å²) in [5, 5.41) is 3.79. The number of fused-ring (bicyclic) bond motifs is 1. The van der Waals surface area contributed by atoms with Gasteiger partial charge in [-0.2, -0.15) is 0 Å². The van der Waals surface area contributed by atoms with E-state index < -0.39 is 0 Å². The maximum atomic E-state index is 13.0. The molecule has 4 rings (SSSR count). The van der Waals surface area contributed by atoms with Gasteiger partial charge in [0.25, 0.3) is 5.56 Å². The smallest absolute Gasteiger partial charge is 0.280 e. The summed E-state index contributed by atoms with van der Waals surface area (Å²) in [5.74, 6) is -0.262. The third-order valence-electron chi connectivity index (χ3n) is 4.38. The molecule has 140 valence electrons. The number of aromatic nitrogens is 3. The van der Waals surface area contributed by atoms with Gasteiger partial charge in [-0.1, -0.05) is 35.4 Å². The van der Waals surface area contributed by atoms with Crippen molar-refractivity contribution in [2.45, 2.75) is 13.5 Å². The summed E-state index contributed by atoms with van der Waals surface area (Å²) >= 11 is 6.10. The van der Waals surface area contributed by atoms with E-state index in [-0.39, 0.29) is 18.0 Å². The van der Waals surface area contributed by atoms with Gasteiger partial charge >= 0.3 is 0 Å². The summed E-state index contributed by atoms with van der Waals surface area (Å²) in [7, 11) is 0. The Morgan fingerprint density at radius 1 is 1.11 bits per heavy atom. The zero-order valence-corrected chi connectivity index (χ0v) is 15.8. The minimum atomic E-state index is -0.262. The van der Waals surface area contributed by atoms with Crippen LogP contribution in [0.15, 0.2) is 71.7 Å². The molecule has 0 saturated heterocycles. The number of rotatable bonds is 4. The first kappa shape index (κ1) is 18.0. The topological polar surface area (TPSA) is 68.9 Å². The first-order valence-corrected chi connectivity index (χ1v) is 9.10. The number of anilines is 1. The number of halogens is 1. The number of nitrogens with zero attached hydrogens (tertiary/aromatic N) is 3. The molecule has 0 bridgehead atoms. The van der Waals surface area contributed by atoms with Gasteiger partial charge in [-0.3, -0.25) is 14.3 Å². The SMILES string of the molecule is Cc1ccc(NC(=O)Cn2c3ncccc3c(=O)n2-c2cccc(Cl)c2)cc1. The third kappa shape index (κ3) is 3.42. The zero-order chi connectivity index (χ0) is 19.7. The van der Waals surface area contributed by atoms with Crippen molar-refractivity contribution in [3.63, 3.8) is 0 Å². The van der Waals surface area contributed by atoms with Crippen LogP contribution in [0.4, 0.5) is 5.69 Å². The predicted octanol–water partition coefficient (Wildman–Crippen LogP) is 3.79. The van der Waals surface area contributed by atoms with E-state index in [1.165, 1.54) is 4.68 Å². The maximum Gasteiger partial charge on any atom is 0.280 e.